The lowest BCUT2D eigenvalue weighted by Gasteiger charge is -2.23. The van der Waals surface area contributed by atoms with Crippen molar-refractivity contribution in [3.63, 3.8) is 0 Å². The highest BCUT2D eigenvalue weighted by molar-refractivity contribution is 6.41. The van der Waals surface area contributed by atoms with Gasteiger partial charge in [-0.3, -0.25) is 5.32 Å². The van der Waals surface area contributed by atoms with Crippen LogP contribution in [-0.2, 0) is 9.47 Å². The zero-order chi connectivity index (χ0) is 28.4. The molecular formula is C27H32Cl2N6O5. The fourth-order valence-corrected chi connectivity index (χ4v) is 5.67. The van der Waals surface area contributed by atoms with Crippen LogP contribution in [0.5, 0.6) is 11.5 Å². The molecule has 2 unspecified atom stereocenters. The number of nitrogens with one attached hydrogen (secondary N) is 2. The lowest BCUT2D eigenvalue weighted by molar-refractivity contribution is 0.121. The van der Waals surface area contributed by atoms with Gasteiger partial charge in [0.25, 0.3) is 0 Å². The maximum absolute atomic E-state index is 9.97. The van der Waals surface area contributed by atoms with Gasteiger partial charge in [-0.25, -0.2) is 15.0 Å². The van der Waals surface area contributed by atoms with Crippen molar-refractivity contribution >= 4 is 45.9 Å². The first kappa shape index (κ1) is 28.6. The SMILES string of the molecule is C=CC(O)N[C@H]1COC[C@H]1Nc1ncc2cc(-c3c(Cl)c(OC)cc(OC)c3Cl)nc(N3CCC(OC)C3)c2n1. The molecule has 40 heavy (non-hydrogen) atoms. The minimum Gasteiger partial charge on any atom is -0.495 e. The van der Waals surface area contributed by atoms with E-state index in [1.54, 1.807) is 19.4 Å². The summed E-state index contributed by atoms with van der Waals surface area (Å²) in [4.78, 5) is 16.6. The summed E-state index contributed by atoms with van der Waals surface area (Å²) in [5.74, 6) is 1.91. The van der Waals surface area contributed by atoms with Gasteiger partial charge in [-0.05, 0) is 18.6 Å². The van der Waals surface area contributed by atoms with Gasteiger partial charge in [-0.1, -0.05) is 29.8 Å². The lowest BCUT2D eigenvalue weighted by Crippen LogP contribution is -2.47. The van der Waals surface area contributed by atoms with Crippen LogP contribution in [0.1, 0.15) is 6.42 Å². The zero-order valence-corrected chi connectivity index (χ0v) is 24.0. The third kappa shape index (κ3) is 5.63. The molecule has 214 valence electrons. The van der Waals surface area contributed by atoms with E-state index in [1.165, 1.54) is 20.3 Å². The summed E-state index contributed by atoms with van der Waals surface area (Å²) in [5, 5.41) is 17.8. The molecule has 0 amide bonds. The second-order valence-corrected chi connectivity index (χ2v) is 10.3. The number of hydrogen-bond acceptors (Lipinski definition) is 11. The van der Waals surface area contributed by atoms with Gasteiger partial charge in [-0.2, -0.15) is 0 Å². The number of aliphatic hydroxyl groups is 1. The van der Waals surface area contributed by atoms with Crippen molar-refractivity contribution in [3.05, 3.63) is 41.0 Å². The minimum absolute atomic E-state index is 0.0720. The Kier molecular flexibility index (Phi) is 8.79. The second-order valence-electron chi connectivity index (χ2n) is 9.58. The first-order valence-electron chi connectivity index (χ1n) is 12.8. The number of rotatable bonds is 10. The Morgan fingerprint density at radius 2 is 1.85 bits per heavy atom. The van der Waals surface area contributed by atoms with Gasteiger partial charge in [0.15, 0.2) is 5.82 Å². The van der Waals surface area contributed by atoms with E-state index in [9.17, 15) is 5.11 Å². The van der Waals surface area contributed by atoms with Crippen molar-refractivity contribution in [2.45, 2.75) is 30.8 Å². The summed E-state index contributed by atoms with van der Waals surface area (Å²) in [6.07, 6.45) is 3.24. The number of nitrogens with zero attached hydrogens (tertiary/aromatic N) is 4. The van der Waals surface area contributed by atoms with Gasteiger partial charge in [0.05, 0.1) is 61.4 Å². The van der Waals surface area contributed by atoms with Crippen LogP contribution in [0.2, 0.25) is 10.0 Å². The van der Waals surface area contributed by atoms with Crippen molar-refractivity contribution in [3.8, 4) is 22.8 Å². The number of benzene rings is 1. The average molecular weight is 591 g/mol. The van der Waals surface area contributed by atoms with Crippen LogP contribution >= 0.6 is 23.2 Å². The van der Waals surface area contributed by atoms with Crippen LogP contribution in [-0.4, -0.2) is 92.1 Å². The lowest BCUT2D eigenvalue weighted by atomic mass is 10.1. The molecule has 2 aliphatic heterocycles. The maximum Gasteiger partial charge on any atom is 0.223 e. The van der Waals surface area contributed by atoms with Gasteiger partial charge in [-0.15, -0.1) is 0 Å². The van der Waals surface area contributed by atoms with E-state index in [1.807, 2.05) is 6.07 Å². The smallest absolute Gasteiger partial charge is 0.223 e. The number of aromatic nitrogens is 3. The van der Waals surface area contributed by atoms with E-state index in [4.69, 9.17) is 52.1 Å². The number of aliphatic hydroxyl groups excluding tert-OH is 1. The van der Waals surface area contributed by atoms with Crippen LogP contribution < -0.4 is 25.0 Å². The molecule has 5 rings (SSSR count). The van der Waals surface area contributed by atoms with Crippen LogP contribution in [0, 0.1) is 0 Å². The summed E-state index contributed by atoms with van der Waals surface area (Å²) >= 11 is 13.5. The molecule has 0 radical (unpaired) electrons. The van der Waals surface area contributed by atoms with Gasteiger partial charge >= 0.3 is 0 Å². The van der Waals surface area contributed by atoms with Gasteiger partial charge in [0, 0.05) is 43.4 Å². The number of pyridine rings is 1. The third-order valence-corrected chi connectivity index (χ3v) is 7.91. The fraction of sp³-hybridized carbons (Fsp3) is 0.444. The summed E-state index contributed by atoms with van der Waals surface area (Å²) in [6.45, 7) is 5.87. The van der Waals surface area contributed by atoms with E-state index in [0.29, 0.717) is 69.8 Å². The van der Waals surface area contributed by atoms with Gasteiger partial charge < -0.3 is 34.3 Å². The third-order valence-electron chi connectivity index (χ3n) is 7.16. The molecule has 2 fully saturated rings. The predicted molar refractivity (Wildman–Crippen MR) is 155 cm³/mol. The molecule has 2 saturated heterocycles. The largest absolute Gasteiger partial charge is 0.495 e. The molecular weight excluding hydrogens is 559 g/mol. The van der Waals surface area contributed by atoms with Crippen molar-refractivity contribution in [1.29, 1.82) is 0 Å². The van der Waals surface area contributed by atoms with E-state index in [-0.39, 0.29) is 18.2 Å². The predicted octanol–water partition coefficient (Wildman–Crippen LogP) is 3.51. The number of halogens is 2. The average Bonchev–Trinajstić information content (AvgIpc) is 3.62. The zero-order valence-electron chi connectivity index (χ0n) is 22.5. The van der Waals surface area contributed by atoms with Crippen molar-refractivity contribution in [1.82, 2.24) is 20.3 Å². The number of ether oxygens (including phenoxy) is 4. The maximum atomic E-state index is 9.97. The quantitative estimate of drug-likeness (QED) is 0.237. The minimum atomic E-state index is -0.847. The van der Waals surface area contributed by atoms with Crippen LogP contribution in [0.25, 0.3) is 22.2 Å². The molecule has 4 heterocycles. The van der Waals surface area contributed by atoms with Crippen molar-refractivity contribution in [2.24, 2.45) is 0 Å². The highest BCUT2D eigenvalue weighted by atomic mass is 35.5. The highest BCUT2D eigenvalue weighted by Gasteiger charge is 2.31. The van der Waals surface area contributed by atoms with Crippen LogP contribution in [0.4, 0.5) is 11.8 Å². The van der Waals surface area contributed by atoms with Crippen LogP contribution in [0.3, 0.4) is 0 Å². The number of fused-ring (bicyclic) bond motifs is 1. The molecule has 0 bridgehead atoms. The molecule has 3 N–H and O–H groups in total. The Morgan fingerprint density at radius 1 is 1.12 bits per heavy atom. The van der Waals surface area contributed by atoms with Gasteiger partial charge in [0.1, 0.15) is 23.2 Å². The summed E-state index contributed by atoms with van der Waals surface area (Å²) in [5.41, 5.74) is 1.69. The molecule has 0 saturated carbocycles. The standard InChI is InChI=1S/C27H32Cl2N6O5/c1-5-21(36)31-17-12-40-13-18(17)33-27-30-10-14-8-16(22-23(28)19(38-3)9-20(39-4)24(22)29)32-26(25(14)34-27)35-7-6-15(11-35)37-2/h5,8-10,15,17-18,21,31,36H,1,6-7,11-13H2,2-4H3,(H,30,33,34)/t15?,17-,18+,21?/m0/s1. The first-order valence-corrected chi connectivity index (χ1v) is 13.6. The monoisotopic (exact) mass is 590 g/mol. The van der Waals surface area contributed by atoms with Crippen molar-refractivity contribution < 1.29 is 24.1 Å². The number of anilines is 2. The second kappa shape index (κ2) is 12.3. The fourth-order valence-electron chi connectivity index (χ4n) is 4.98. The highest BCUT2D eigenvalue weighted by Crippen LogP contribution is 2.46. The molecule has 4 atom stereocenters. The molecule has 13 heteroatoms. The number of hydrogen-bond donors (Lipinski definition) is 3. The summed E-state index contributed by atoms with van der Waals surface area (Å²) < 4.78 is 22.2. The van der Waals surface area contributed by atoms with E-state index >= 15 is 0 Å². The Hall–Kier alpha value is -2.93. The Bertz CT molecular complexity index is 1370. The van der Waals surface area contributed by atoms with Gasteiger partial charge in [0.2, 0.25) is 5.95 Å². The molecule has 2 aromatic heterocycles. The summed E-state index contributed by atoms with van der Waals surface area (Å²) in [6, 6.07) is 3.18. The molecule has 0 aliphatic carbocycles. The first-order chi connectivity index (χ1) is 19.4. The molecule has 3 aromatic rings. The van der Waals surface area contributed by atoms with E-state index < -0.39 is 6.23 Å². The van der Waals surface area contributed by atoms with E-state index in [2.05, 4.69) is 27.1 Å². The van der Waals surface area contributed by atoms with Crippen LogP contribution in [0.15, 0.2) is 31.0 Å². The summed E-state index contributed by atoms with van der Waals surface area (Å²) in [7, 11) is 4.77. The number of methoxy groups -OCH3 is 3. The normalized spacial score (nSPS) is 21.6. The molecule has 1 aromatic carbocycles. The Balaban J connectivity index is 1.59. The van der Waals surface area contributed by atoms with E-state index in [0.717, 1.165) is 18.4 Å². The molecule has 11 nitrogen and oxygen atoms in total. The topological polar surface area (TPSA) is 123 Å². The van der Waals surface area contributed by atoms with Crippen molar-refractivity contribution in [2.75, 3.05) is 57.8 Å². The Labute approximate surface area is 242 Å². The molecule has 2 aliphatic rings. The Morgan fingerprint density at radius 3 is 2.50 bits per heavy atom. The molecule has 0 spiro atoms.